The summed E-state index contributed by atoms with van der Waals surface area (Å²) in [6, 6.07) is 8.88. The SMILES string of the molecule is FC(F)(F)c1cccnc1-c1ccc(Br)cc1. The number of rotatable bonds is 1. The number of halogens is 4. The summed E-state index contributed by atoms with van der Waals surface area (Å²) in [7, 11) is 0. The standard InChI is InChI=1S/C12H7BrF3N/c13-9-5-3-8(4-6-9)11-10(12(14,15)16)2-1-7-17-11/h1-7H. The molecule has 0 saturated heterocycles. The van der Waals surface area contributed by atoms with Crippen LogP contribution in [0, 0.1) is 0 Å². The smallest absolute Gasteiger partial charge is 0.256 e. The van der Waals surface area contributed by atoms with Gasteiger partial charge in [0.1, 0.15) is 0 Å². The molecule has 0 atom stereocenters. The summed E-state index contributed by atoms with van der Waals surface area (Å²) in [5.74, 6) is 0. The molecule has 2 rings (SSSR count). The van der Waals surface area contributed by atoms with Gasteiger partial charge in [-0.1, -0.05) is 28.1 Å². The Bertz CT molecular complexity index is 520. The summed E-state index contributed by atoms with van der Waals surface area (Å²) in [5, 5.41) is 0. The van der Waals surface area contributed by atoms with E-state index in [1.165, 1.54) is 12.3 Å². The Balaban J connectivity index is 2.56. The Kier molecular flexibility index (Phi) is 3.19. The van der Waals surface area contributed by atoms with E-state index in [1.54, 1.807) is 24.3 Å². The average Bonchev–Trinajstić information content (AvgIpc) is 2.29. The second kappa shape index (κ2) is 4.49. The van der Waals surface area contributed by atoms with Gasteiger partial charge in [0.05, 0.1) is 11.3 Å². The Morgan fingerprint density at radius 2 is 1.65 bits per heavy atom. The van der Waals surface area contributed by atoms with Gasteiger partial charge in [-0.15, -0.1) is 0 Å². The van der Waals surface area contributed by atoms with Crippen LogP contribution in [0.5, 0.6) is 0 Å². The van der Waals surface area contributed by atoms with E-state index in [-0.39, 0.29) is 5.69 Å². The third kappa shape index (κ3) is 2.66. The van der Waals surface area contributed by atoms with Crippen molar-refractivity contribution in [2.45, 2.75) is 6.18 Å². The first-order valence-corrected chi connectivity index (χ1v) is 5.56. The molecule has 1 aromatic heterocycles. The summed E-state index contributed by atoms with van der Waals surface area (Å²) in [6.45, 7) is 0. The maximum absolute atomic E-state index is 12.8. The average molecular weight is 302 g/mol. The zero-order valence-corrected chi connectivity index (χ0v) is 10.1. The summed E-state index contributed by atoms with van der Waals surface area (Å²) >= 11 is 3.23. The van der Waals surface area contributed by atoms with E-state index in [0.29, 0.717) is 5.56 Å². The molecule has 17 heavy (non-hydrogen) atoms. The third-order valence-electron chi connectivity index (χ3n) is 2.23. The normalized spacial score (nSPS) is 11.5. The van der Waals surface area contributed by atoms with E-state index in [4.69, 9.17) is 0 Å². The fraction of sp³-hybridized carbons (Fsp3) is 0.0833. The van der Waals surface area contributed by atoms with Crippen molar-refractivity contribution in [2.24, 2.45) is 0 Å². The zero-order valence-electron chi connectivity index (χ0n) is 8.50. The van der Waals surface area contributed by atoms with Crippen LogP contribution >= 0.6 is 15.9 Å². The first kappa shape index (κ1) is 12.1. The lowest BCUT2D eigenvalue weighted by molar-refractivity contribution is -0.137. The molecule has 88 valence electrons. The van der Waals surface area contributed by atoms with Gasteiger partial charge in [0.25, 0.3) is 0 Å². The fourth-order valence-electron chi connectivity index (χ4n) is 1.47. The Hall–Kier alpha value is -1.36. The lowest BCUT2D eigenvalue weighted by Crippen LogP contribution is -2.08. The molecule has 5 heteroatoms. The number of hydrogen-bond acceptors (Lipinski definition) is 1. The molecule has 2 aromatic rings. The lowest BCUT2D eigenvalue weighted by Gasteiger charge is -2.11. The first-order chi connectivity index (χ1) is 7.98. The zero-order chi connectivity index (χ0) is 12.5. The van der Waals surface area contributed by atoms with Gasteiger partial charge in [-0.25, -0.2) is 0 Å². The predicted molar refractivity (Wildman–Crippen MR) is 62.4 cm³/mol. The molecule has 1 aromatic carbocycles. The van der Waals surface area contributed by atoms with Gasteiger partial charge >= 0.3 is 6.18 Å². The van der Waals surface area contributed by atoms with Gasteiger partial charge in [-0.3, -0.25) is 4.98 Å². The van der Waals surface area contributed by atoms with Crippen LogP contribution in [-0.4, -0.2) is 4.98 Å². The van der Waals surface area contributed by atoms with E-state index in [0.717, 1.165) is 10.5 Å². The summed E-state index contributed by atoms with van der Waals surface area (Å²) in [6.07, 6.45) is -3.04. The second-order valence-electron chi connectivity index (χ2n) is 3.40. The predicted octanol–water partition coefficient (Wildman–Crippen LogP) is 4.53. The van der Waals surface area contributed by atoms with Crippen molar-refractivity contribution in [3.8, 4) is 11.3 Å². The van der Waals surface area contributed by atoms with Crippen LogP contribution in [0.25, 0.3) is 11.3 Å². The summed E-state index contributed by atoms with van der Waals surface area (Å²) in [5.41, 5.74) is -0.323. The quantitative estimate of drug-likeness (QED) is 0.754. The van der Waals surface area contributed by atoms with Crippen molar-refractivity contribution in [3.05, 3.63) is 52.6 Å². The van der Waals surface area contributed by atoms with E-state index in [9.17, 15) is 13.2 Å². The van der Waals surface area contributed by atoms with Gasteiger partial charge in [-0.05, 0) is 24.3 Å². The molecule has 0 spiro atoms. The first-order valence-electron chi connectivity index (χ1n) is 4.76. The van der Waals surface area contributed by atoms with Crippen molar-refractivity contribution in [2.75, 3.05) is 0 Å². The van der Waals surface area contributed by atoms with Gasteiger partial charge in [0.15, 0.2) is 0 Å². The number of alkyl halides is 3. The highest BCUT2D eigenvalue weighted by Crippen LogP contribution is 2.35. The minimum absolute atomic E-state index is 0.0486. The van der Waals surface area contributed by atoms with Crippen LogP contribution in [-0.2, 0) is 6.18 Å². The van der Waals surface area contributed by atoms with Crippen LogP contribution < -0.4 is 0 Å². The van der Waals surface area contributed by atoms with Crippen molar-refractivity contribution >= 4 is 15.9 Å². The molecule has 0 N–H and O–H groups in total. The van der Waals surface area contributed by atoms with Gasteiger partial charge in [-0.2, -0.15) is 13.2 Å². The maximum Gasteiger partial charge on any atom is 0.418 e. The minimum Gasteiger partial charge on any atom is -0.256 e. The lowest BCUT2D eigenvalue weighted by atomic mass is 10.1. The van der Waals surface area contributed by atoms with Gasteiger partial charge in [0.2, 0.25) is 0 Å². The van der Waals surface area contributed by atoms with Crippen molar-refractivity contribution in [3.63, 3.8) is 0 Å². The molecule has 0 saturated carbocycles. The van der Waals surface area contributed by atoms with E-state index in [1.807, 2.05) is 0 Å². The molecule has 0 aliphatic rings. The fourth-order valence-corrected chi connectivity index (χ4v) is 1.74. The Labute approximate surface area is 104 Å². The number of hydrogen-bond donors (Lipinski definition) is 0. The number of pyridine rings is 1. The molecule has 0 radical (unpaired) electrons. The number of aromatic nitrogens is 1. The maximum atomic E-state index is 12.8. The summed E-state index contributed by atoms with van der Waals surface area (Å²) in [4.78, 5) is 3.81. The Morgan fingerprint density at radius 3 is 2.24 bits per heavy atom. The van der Waals surface area contributed by atoms with Crippen LogP contribution in [0.4, 0.5) is 13.2 Å². The Morgan fingerprint density at radius 1 is 1.00 bits per heavy atom. The van der Waals surface area contributed by atoms with Crippen LogP contribution in [0.1, 0.15) is 5.56 Å². The third-order valence-corrected chi connectivity index (χ3v) is 2.76. The van der Waals surface area contributed by atoms with E-state index < -0.39 is 11.7 Å². The minimum atomic E-state index is -4.39. The molecular weight excluding hydrogens is 295 g/mol. The van der Waals surface area contributed by atoms with Gasteiger partial charge in [0, 0.05) is 16.2 Å². The molecule has 0 fully saturated rings. The molecule has 0 aliphatic carbocycles. The molecule has 0 aliphatic heterocycles. The topological polar surface area (TPSA) is 12.9 Å². The molecule has 0 amide bonds. The largest absolute Gasteiger partial charge is 0.418 e. The van der Waals surface area contributed by atoms with Crippen LogP contribution in [0.2, 0.25) is 0 Å². The monoisotopic (exact) mass is 301 g/mol. The van der Waals surface area contributed by atoms with Crippen LogP contribution in [0.15, 0.2) is 47.1 Å². The molecule has 0 bridgehead atoms. The molecule has 0 unspecified atom stereocenters. The van der Waals surface area contributed by atoms with Crippen molar-refractivity contribution in [1.82, 2.24) is 4.98 Å². The number of nitrogens with zero attached hydrogens (tertiary/aromatic N) is 1. The summed E-state index contributed by atoms with van der Waals surface area (Å²) < 4.78 is 39.1. The highest BCUT2D eigenvalue weighted by Gasteiger charge is 2.34. The molecule has 1 nitrogen and oxygen atoms in total. The van der Waals surface area contributed by atoms with Crippen molar-refractivity contribution < 1.29 is 13.2 Å². The highest BCUT2D eigenvalue weighted by atomic mass is 79.9. The molecular formula is C12H7BrF3N. The molecule has 1 heterocycles. The highest BCUT2D eigenvalue weighted by molar-refractivity contribution is 9.10. The van der Waals surface area contributed by atoms with E-state index in [2.05, 4.69) is 20.9 Å². The second-order valence-corrected chi connectivity index (χ2v) is 4.32. The number of benzene rings is 1. The van der Waals surface area contributed by atoms with Crippen molar-refractivity contribution in [1.29, 1.82) is 0 Å². The van der Waals surface area contributed by atoms with Gasteiger partial charge < -0.3 is 0 Å². The van der Waals surface area contributed by atoms with Crippen LogP contribution in [0.3, 0.4) is 0 Å². The van der Waals surface area contributed by atoms with E-state index >= 15 is 0 Å².